The molecule has 0 radical (unpaired) electrons. The molecule has 1 aromatic carbocycles. The molecule has 0 aliphatic carbocycles. The zero-order valence-corrected chi connectivity index (χ0v) is 18.6. The van der Waals surface area contributed by atoms with Crippen molar-refractivity contribution in [1.82, 2.24) is 9.29 Å². The van der Waals surface area contributed by atoms with Gasteiger partial charge in [0.2, 0.25) is 5.91 Å². The van der Waals surface area contributed by atoms with Crippen LogP contribution in [0.2, 0.25) is 0 Å². The van der Waals surface area contributed by atoms with Gasteiger partial charge in [0.1, 0.15) is 15.3 Å². The van der Waals surface area contributed by atoms with Gasteiger partial charge in [0.15, 0.2) is 5.57 Å². The Hall–Kier alpha value is -3.43. The van der Waals surface area contributed by atoms with Crippen LogP contribution >= 0.6 is 11.3 Å². The van der Waals surface area contributed by atoms with Crippen molar-refractivity contribution in [3.8, 4) is 6.07 Å². The lowest BCUT2D eigenvalue weighted by Crippen LogP contribution is -2.32. The predicted octanol–water partition coefficient (Wildman–Crippen LogP) is -0.158. The molecule has 0 unspecified atom stereocenters. The fraction of sp³-hybridized carbons (Fsp3) is 0.263. The number of nitriles is 1. The number of aromatic nitrogens is 1. The van der Waals surface area contributed by atoms with Gasteiger partial charge >= 0.3 is 5.97 Å². The molecular weight excluding hydrogens is 444 g/mol. The van der Waals surface area contributed by atoms with Gasteiger partial charge in [-0.15, -0.1) is 11.3 Å². The summed E-state index contributed by atoms with van der Waals surface area (Å²) in [4.78, 5) is 35.6. The van der Waals surface area contributed by atoms with Crippen LogP contribution in [-0.2, 0) is 30.9 Å². The van der Waals surface area contributed by atoms with Crippen molar-refractivity contribution in [2.45, 2.75) is 32.2 Å². The molecule has 0 aliphatic heterocycles. The highest BCUT2D eigenvalue weighted by atomic mass is 32.2. The van der Waals surface area contributed by atoms with Crippen LogP contribution in [0.25, 0.3) is 11.8 Å². The summed E-state index contributed by atoms with van der Waals surface area (Å²) < 4.78 is 32.4. The maximum absolute atomic E-state index is 12.6. The molecular formula is C19H20N4O6S2. The first-order valence-electron chi connectivity index (χ1n) is 9.05. The molecule has 0 bridgehead atoms. The molecule has 0 aliphatic rings. The summed E-state index contributed by atoms with van der Waals surface area (Å²) in [5.41, 5.74) is -0.163. The minimum absolute atomic E-state index is 0.0947. The largest absolute Gasteiger partial charge is 0.462 e. The topological polar surface area (TPSA) is 147 Å². The van der Waals surface area contributed by atoms with Gasteiger partial charge in [-0.05, 0) is 38.1 Å². The van der Waals surface area contributed by atoms with Crippen molar-refractivity contribution in [3.63, 3.8) is 0 Å². The highest BCUT2D eigenvalue weighted by Crippen LogP contribution is 2.13. The van der Waals surface area contributed by atoms with Gasteiger partial charge in [-0.1, -0.05) is 0 Å². The Kier molecular flexibility index (Phi) is 7.73. The number of esters is 1. The number of carbonyl (C=O) groups excluding carboxylic acids is 2. The first kappa shape index (κ1) is 23.8. The smallest absolute Gasteiger partial charge is 0.351 e. The molecule has 0 saturated heterocycles. The molecule has 2 N–H and O–H groups in total. The van der Waals surface area contributed by atoms with E-state index >= 15 is 0 Å². The molecule has 1 amide bonds. The quantitative estimate of drug-likeness (QED) is 0.537. The van der Waals surface area contributed by atoms with Crippen LogP contribution in [0.5, 0.6) is 0 Å². The first-order valence-corrected chi connectivity index (χ1v) is 11.4. The number of sulfonamides is 1. The average molecular weight is 465 g/mol. The number of anilines is 1. The SMILES string of the molecule is CCOC(=O)/C(C#N)=c1\s/c(=C/Nc2ccc(S(=O)(=O)NC(C)=O)cc2)c(=O)n1CC. The molecule has 1 aromatic heterocycles. The molecule has 10 nitrogen and oxygen atoms in total. The monoisotopic (exact) mass is 464 g/mol. The van der Waals surface area contributed by atoms with E-state index in [1.807, 2.05) is 4.72 Å². The number of rotatable bonds is 7. The van der Waals surface area contributed by atoms with Crippen LogP contribution in [0, 0.1) is 11.3 Å². The number of amides is 1. The van der Waals surface area contributed by atoms with E-state index in [1.54, 1.807) is 19.9 Å². The Morgan fingerprint density at radius 2 is 1.90 bits per heavy atom. The number of benzene rings is 1. The maximum Gasteiger partial charge on any atom is 0.351 e. The van der Waals surface area contributed by atoms with Crippen LogP contribution in [0.1, 0.15) is 20.8 Å². The molecule has 164 valence electrons. The Bertz CT molecular complexity index is 1320. The van der Waals surface area contributed by atoms with Crippen LogP contribution in [0.15, 0.2) is 34.0 Å². The Morgan fingerprint density at radius 3 is 2.42 bits per heavy atom. The van der Waals surface area contributed by atoms with Gasteiger partial charge in [0.25, 0.3) is 15.6 Å². The van der Waals surface area contributed by atoms with E-state index in [0.29, 0.717) is 5.69 Å². The van der Waals surface area contributed by atoms with Gasteiger partial charge in [-0.2, -0.15) is 5.26 Å². The third kappa shape index (κ3) is 5.59. The summed E-state index contributed by atoms with van der Waals surface area (Å²) in [6, 6.07) is 7.32. The van der Waals surface area contributed by atoms with Crippen molar-refractivity contribution in [2.75, 3.05) is 11.9 Å². The van der Waals surface area contributed by atoms with E-state index < -0.39 is 27.5 Å². The number of carbonyl (C=O) groups is 2. The molecule has 0 spiro atoms. The zero-order valence-electron chi connectivity index (χ0n) is 17.0. The number of nitrogens with zero attached hydrogens (tertiary/aromatic N) is 2. The standard InChI is InChI=1S/C19H20N4O6S2/c1-4-23-17(25)16(30-18(23)15(10-20)19(26)29-5-2)11-21-13-6-8-14(9-7-13)31(27,28)22-12(3)24/h6-9,11,21H,4-5H2,1-3H3,(H,22,24)/b16-11+,18-15-. The minimum Gasteiger partial charge on any atom is -0.462 e. The van der Waals surface area contributed by atoms with Gasteiger partial charge in [0.05, 0.1) is 11.5 Å². The number of hydrogen-bond acceptors (Lipinski definition) is 9. The third-order valence-corrected chi connectivity index (χ3v) is 6.42. The molecule has 31 heavy (non-hydrogen) atoms. The van der Waals surface area contributed by atoms with Crippen LogP contribution in [-0.4, -0.2) is 31.5 Å². The van der Waals surface area contributed by atoms with Crippen molar-refractivity contribution >= 4 is 50.7 Å². The number of thiazole rings is 1. The Labute approximate surface area is 182 Å². The zero-order chi connectivity index (χ0) is 23.2. The summed E-state index contributed by atoms with van der Waals surface area (Å²) in [6.07, 6.45) is 1.40. The first-order chi connectivity index (χ1) is 14.6. The highest BCUT2D eigenvalue weighted by molar-refractivity contribution is 7.90. The third-order valence-electron chi connectivity index (χ3n) is 3.84. The van der Waals surface area contributed by atoms with Crippen molar-refractivity contribution in [3.05, 3.63) is 43.8 Å². The van der Waals surface area contributed by atoms with Crippen LogP contribution in [0.3, 0.4) is 0 Å². The number of ether oxygens (including phenoxy) is 1. The second-order valence-electron chi connectivity index (χ2n) is 6.00. The van der Waals surface area contributed by atoms with Gasteiger partial charge in [0, 0.05) is 25.4 Å². The number of hydrogen-bond donors (Lipinski definition) is 2. The lowest BCUT2D eigenvalue weighted by atomic mass is 10.3. The number of nitrogens with one attached hydrogen (secondary N) is 2. The van der Waals surface area contributed by atoms with Crippen molar-refractivity contribution < 1.29 is 22.7 Å². The second-order valence-corrected chi connectivity index (χ2v) is 8.72. The van der Waals surface area contributed by atoms with Crippen LogP contribution in [0.4, 0.5) is 5.69 Å². The maximum atomic E-state index is 12.6. The van der Waals surface area contributed by atoms with Gasteiger partial charge in [-0.3, -0.25) is 14.2 Å². The fourth-order valence-corrected chi connectivity index (χ4v) is 4.57. The summed E-state index contributed by atoms with van der Waals surface area (Å²) in [5.74, 6) is -1.50. The van der Waals surface area contributed by atoms with Gasteiger partial charge in [-0.25, -0.2) is 17.9 Å². The molecule has 1 heterocycles. The van der Waals surface area contributed by atoms with E-state index in [0.717, 1.165) is 18.3 Å². The summed E-state index contributed by atoms with van der Waals surface area (Å²) in [5, 5.41) is 12.2. The summed E-state index contributed by atoms with van der Waals surface area (Å²) in [7, 11) is -3.95. The molecule has 12 heteroatoms. The van der Waals surface area contributed by atoms with Gasteiger partial charge < -0.3 is 10.1 Å². The van der Waals surface area contributed by atoms with E-state index in [4.69, 9.17) is 4.74 Å². The highest BCUT2D eigenvalue weighted by Gasteiger charge is 2.17. The summed E-state index contributed by atoms with van der Waals surface area (Å²) in [6.45, 7) is 4.77. The molecule has 0 saturated carbocycles. The summed E-state index contributed by atoms with van der Waals surface area (Å²) >= 11 is 0.960. The second kappa shape index (κ2) is 10.1. The predicted molar refractivity (Wildman–Crippen MR) is 115 cm³/mol. The Morgan fingerprint density at radius 1 is 1.26 bits per heavy atom. The molecule has 2 aromatic rings. The fourth-order valence-electron chi connectivity index (χ4n) is 2.50. The van der Waals surface area contributed by atoms with Crippen molar-refractivity contribution in [1.29, 1.82) is 5.26 Å². The minimum atomic E-state index is -3.95. The molecule has 2 rings (SSSR count). The molecule has 0 fully saturated rings. The van der Waals surface area contributed by atoms with E-state index in [-0.39, 0.29) is 32.8 Å². The lowest BCUT2D eigenvalue weighted by molar-refractivity contribution is -0.136. The Balaban J connectivity index is 2.43. The van der Waals surface area contributed by atoms with Crippen LogP contribution < -0.4 is 24.8 Å². The van der Waals surface area contributed by atoms with E-state index in [1.165, 1.54) is 35.0 Å². The normalized spacial score (nSPS) is 12.6. The van der Waals surface area contributed by atoms with Crippen molar-refractivity contribution in [2.24, 2.45) is 0 Å². The lowest BCUT2D eigenvalue weighted by Gasteiger charge is -2.05. The van der Waals surface area contributed by atoms with E-state index in [2.05, 4.69) is 5.32 Å². The molecule has 0 atom stereocenters. The van der Waals surface area contributed by atoms with E-state index in [9.17, 15) is 28.1 Å². The average Bonchev–Trinajstić information content (AvgIpc) is 3.01.